The fourth-order valence-electron chi connectivity index (χ4n) is 1.86. The van der Waals surface area contributed by atoms with E-state index in [9.17, 15) is 10.2 Å². The minimum Gasteiger partial charge on any atom is -0.495 e. The molecule has 0 aliphatic rings. The second-order valence-corrected chi connectivity index (χ2v) is 6.80. The van der Waals surface area contributed by atoms with Gasteiger partial charge < -0.3 is 23.5 Å². The molecule has 0 aliphatic carbocycles. The first-order valence-corrected chi connectivity index (χ1v) is 8.80. The predicted molar refractivity (Wildman–Crippen MR) is 80.3 cm³/mol. The molecular formula is C13H27NO5Si. The Morgan fingerprint density at radius 1 is 0.950 bits per heavy atom. The van der Waals surface area contributed by atoms with Crippen LogP contribution in [-0.4, -0.2) is 50.3 Å². The van der Waals surface area contributed by atoms with Gasteiger partial charge in [-0.15, -0.1) is 0 Å². The van der Waals surface area contributed by atoms with Gasteiger partial charge in [-0.1, -0.05) is 0 Å². The summed E-state index contributed by atoms with van der Waals surface area (Å²) in [6.45, 7) is 14.4. The Bertz CT molecular complexity index is 280. The van der Waals surface area contributed by atoms with E-state index in [4.69, 9.17) is 13.3 Å². The number of rotatable bonds is 12. The van der Waals surface area contributed by atoms with Gasteiger partial charge in [0, 0.05) is 32.4 Å². The normalized spacial score (nSPS) is 11.3. The van der Waals surface area contributed by atoms with Crippen molar-refractivity contribution >= 4 is 8.80 Å². The predicted octanol–water partition coefficient (Wildman–Crippen LogP) is 2.79. The summed E-state index contributed by atoms with van der Waals surface area (Å²) in [5.41, 5.74) is 0. The topological polar surface area (TPSA) is 71.4 Å². The summed E-state index contributed by atoms with van der Waals surface area (Å²) in [5.74, 6) is -0.483. The highest BCUT2D eigenvalue weighted by molar-refractivity contribution is 6.60. The van der Waals surface area contributed by atoms with Crippen LogP contribution >= 0.6 is 0 Å². The van der Waals surface area contributed by atoms with Gasteiger partial charge in [0.05, 0.1) is 0 Å². The average molecular weight is 305 g/mol. The van der Waals surface area contributed by atoms with Crippen LogP contribution in [0.2, 0.25) is 6.04 Å². The molecule has 6 nitrogen and oxygen atoms in total. The van der Waals surface area contributed by atoms with Crippen LogP contribution in [0.3, 0.4) is 0 Å². The van der Waals surface area contributed by atoms with Gasteiger partial charge in [0.25, 0.3) is 0 Å². The second-order valence-electron chi connectivity index (χ2n) is 4.07. The number of aliphatic hydroxyl groups excluding tert-OH is 2. The minimum absolute atomic E-state index is 0.242. The zero-order valence-corrected chi connectivity index (χ0v) is 13.7. The third-order valence-electron chi connectivity index (χ3n) is 2.58. The summed E-state index contributed by atoms with van der Waals surface area (Å²) in [6, 6.07) is 0.597. The van der Waals surface area contributed by atoms with Gasteiger partial charge in [-0.05, 0) is 40.3 Å². The summed E-state index contributed by atoms with van der Waals surface area (Å²) < 4.78 is 17.2. The fourth-order valence-corrected chi connectivity index (χ4v) is 4.46. The van der Waals surface area contributed by atoms with Crippen molar-refractivity contribution in [1.29, 1.82) is 0 Å². The number of hydrogen-bond acceptors (Lipinski definition) is 6. The van der Waals surface area contributed by atoms with Gasteiger partial charge in [0.2, 0.25) is 0 Å². The highest BCUT2D eigenvalue weighted by Gasteiger charge is 2.39. The van der Waals surface area contributed by atoms with Crippen molar-refractivity contribution in [3.05, 3.63) is 24.9 Å². The molecule has 0 atom stereocenters. The molecule has 0 heterocycles. The lowest BCUT2D eigenvalue weighted by Crippen LogP contribution is -2.46. The first kappa shape index (κ1) is 19.0. The minimum atomic E-state index is -2.68. The first-order chi connectivity index (χ1) is 9.42. The third-order valence-corrected chi connectivity index (χ3v) is 5.73. The first-order valence-electron chi connectivity index (χ1n) is 6.87. The summed E-state index contributed by atoms with van der Waals surface area (Å²) in [5, 5.41) is 18.7. The van der Waals surface area contributed by atoms with E-state index < -0.39 is 8.80 Å². The molecule has 0 aliphatic heterocycles. The van der Waals surface area contributed by atoms with Crippen LogP contribution in [0.5, 0.6) is 0 Å². The number of aliphatic hydroxyl groups is 2. The zero-order chi connectivity index (χ0) is 15.6. The summed E-state index contributed by atoms with van der Waals surface area (Å²) in [7, 11) is -2.68. The molecular weight excluding hydrogens is 278 g/mol. The fraction of sp³-hybridized carbons (Fsp3) is 0.692. The standard InChI is InChI=1S/C13H27NO5Si/c1-6-17-20(18-7-2,19-8-3)11-9-10-14(12(4)15)13(5)16/h15-16H,4-11H2,1-3H3. The Labute approximate surface area is 122 Å². The molecule has 0 aromatic rings. The van der Waals surface area contributed by atoms with Crippen molar-refractivity contribution in [3.8, 4) is 0 Å². The Kier molecular flexibility index (Phi) is 9.31. The summed E-state index contributed by atoms with van der Waals surface area (Å²) in [6.07, 6.45) is 0.616. The SMILES string of the molecule is C=C(O)N(CCC[Si](OCC)(OCC)OCC)C(=C)O. The van der Waals surface area contributed by atoms with Gasteiger partial charge >= 0.3 is 8.80 Å². The lowest BCUT2D eigenvalue weighted by molar-refractivity contribution is 0.0692. The molecule has 0 bridgehead atoms. The van der Waals surface area contributed by atoms with Crippen molar-refractivity contribution in [2.24, 2.45) is 0 Å². The Morgan fingerprint density at radius 3 is 1.65 bits per heavy atom. The van der Waals surface area contributed by atoms with Gasteiger partial charge in [-0.25, -0.2) is 0 Å². The molecule has 2 N–H and O–H groups in total. The van der Waals surface area contributed by atoms with E-state index in [-0.39, 0.29) is 11.8 Å². The van der Waals surface area contributed by atoms with Crippen LogP contribution in [0.4, 0.5) is 0 Å². The van der Waals surface area contributed by atoms with Gasteiger partial charge in [0.15, 0.2) is 11.8 Å². The molecule has 0 radical (unpaired) electrons. The van der Waals surface area contributed by atoms with E-state index in [1.54, 1.807) is 0 Å². The molecule has 0 aromatic carbocycles. The van der Waals surface area contributed by atoms with E-state index >= 15 is 0 Å². The lowest BCUT2D eigenvalue weighted by atomic mass is 10.4. The second kappa shape index (κ2) is 9.81. The van der Waals surface area contributed by atoms with Crippen molar-refractivity contribution in [3.63, 3.8) is 0 Å². The van der Waals surface area contributed by atoms with Gasteiger partial charge in [0.1, 0.15) is 0 Å². The smallest absolute Gasteiger partial charge is 0.495 e. The number of nitrogens with zero attached hydrogens (tertiary/aromatic N) is 1. The highest BCUT2D eigenvalue weighted by Crippen LogP contribution is 2.19. The molecule has 20 heavy (non-hydrogen) atoms. The molecule has 0 unspecified atom stereocenters. The van der Waals surface area contributed by atoms with Crippen LogP contribution in [0.25, 0.3) is 0 Å². The van der Waals surface area contributed by atoms with Crippen LogP contribution < -0.4 is 0 Å². The molecule has 0 rings (SSSR count). The summed E-state index contributed by atoms with van der Waals surface area (Å²) >= 11 is 0. The maximum atomic E-state index is 9.35. The molecule has 0 amide bonds. The van der Waals surface area contributed by atoms with Crippen molar-refractivity contribution < 1.29 is 23.5 Å². The van der Waals surface area contributed by atoms with E-state index in [1.807, 2.05) is 20.8 Å². The summed E-state index contributed by atoms with van der Waals surface area (Å²) in [4.78, 5) is 1.23. The maximum Gasteiger partial charge on any atom is 0.500 e. The maximum absolute atomic E-state index is 9.35. The lowest BCUT2D eigenvalue weighted by Gasteiger charge is -2.29. The van der Waals surface area contributed by atoms with Crippen molar-refractivity contribution in [2.45, 2.75) is 33.2 Å². The Morgan fingerprint density at radius 2 is 1.35 bits per heavy atom. The largest absolute Gasteiger partial charge is 0.500 e. The average Bonchev–Trinajstić information content (AvgIpc) is 2.34. The third kappa shape index (κ3) is 6.42. The van der Waals surface area contributed by atoms with Gasteiger partial charge in [-0.3, -0.25) is 4.90 Å². The van der Waals surface area contributed by atoms with Crippen LogP contribution in [-0.2, 0) is 13.3 Å². The quantitative estimate of drug-likeness (QED) is 0.427. The Hall–Kier alpha value is -1.02. The highest BCUT2D eigenvalue weighted by atomic mass is 28.4. The molecule has 0 spiro atoms. The molecule has 0 aromatic heterocycles. The van der Waals surface area contributed by atoms with E-state index in [2.05, 4.69) is 13.2 Å². The molecule has 7 heteroatoms. The van der Waals surface area contributed by atoms with Crippen molar-refractivity contribution in [2.75, 3.05) is 26.4 Å². The Balaban J connectivity index is 4.58. The van der Waals surface area contributed by atoms with E-state index in [0.717, 1.165) is 0 Å². The van der Waals surface area contributed by atoms with E-state index in [0.29, 0.717) is 38.8 Å². The van der Waals surface area contributed by atoms with Gasteiger partial charge in [-0.2, -0.15) is 0 Å². The zero-order valence-electron chi connectivity index (χ0n) is 12.7. The molecule has 118 valence electrons. The molecule has 0 saturated heterocycles. The van der Waals surface area contributed by atoms with Crippen molar-refractivity contribution in [1.82, 2.24) is 4.90 Å². The monoisotopic (exact) mass is 305 g/mol. The van der Waals surface area contributed by atoms with E-state index in [1.165, 1.54) is 4.90 Å². The van der Waals surface area contributed by atoms with Crippen LogP contribution in [0, 0.1) is 0 Å². The van der Waals surface area contributed by atoms with Crippen LogP contribution in [0.1, 0.15) is 27.2 Å². The molecule has 0 fully saturated rings. The van der Waals surface area contributed by atoms with Crippen LogP contribution in [0.15, 0.2) is 24.9 Å². The number of hydrogen-bond donors (Lipinski definition) is 2. The molecule has 0 saturated carbocycles.